The molecule has 0 aliphatic heterocycles. The molecule has 0 rings (SSSR count). The molecule has 13 heavy (non-hydrogen) atoms. The van der Waals surface area contributed by atoms with Gasteiger partial charge < -0.3 is 16.2 Å². The molecule has 0 fully saturated rings. The van der Waals surface area contributed by atoms with Gasteiger partial charge in [0.15, 0.2) is 0 Å². The lowest BCUT2D eigenvalue weighted by atomic mass is 10.2. The van der Waals surface area contributed by atoms with E-state index in [4.69, 9.17) is 5.11 Å². The molecule has 0 aliphatic carbocycles. The average Bonchev–Trinajstić information content (AvgIpc) is 1.85. The molecular weight excluding hydrogens is 192 g/mol. The number of carboxylic acids is 1. The molecule has 4 nitrogen and oxygen atoms in total. The second-order valence-electron chi connectivity index (χ2n) is 2.60. The summed E-state index contributed by atoms with van der Waals surface area (Å²) in [4.78, 5) is 11.8. The van der Waals surface area contributed by atoms with Crippen molar-refractivity contribution in [1.29, 1.82) is 0 Å². The number of rotatable bonds is 2. The van der Waals surface area contributed by atoms with Gasteiger partial charge in [-0.1, -0.05) is 13.5 Å². The summed E-state index contributed by atoms with van der Waals surface area (Å²) in [5, 5.41) is 8.08. The fourth-order valence-corrected chi connectivity index (χ4v) is 0.151. The maximum absolute atomic E-state index is 9.83. The number of carboxylic acid groups (broad SMARTS) is 1. The van der Waals surface area contributed by atoms with Crippen LogP contribution in [0.15, 0.2) is 12.2 Å². The molecule has 0 aromatic rings. The molecule has 82 valence electrons. The summed E-state index contributed by atoms with van der Waals surface area (Å²) in [7, 11) is 6.00. The van der Waals surface area contributed by atoms with E-state index in [9.17, 15) is 4.79 Å². The summed E-state index contributed by atoms with van der Waals surface area (Å²) in [5.41, 5.74) is 0.264. The second kappa shape index (κ2) is 14.0. The Hall–Kier alpha value is -0.580. The van der Waals surface area contributed by atoms with Crippen LogP contribution in [0.2, 0.25) is 0 Å². The zero-order valence-electron chi connectivity index (χ0n) is 8.83. The van der Waals surface area contributed by atoms with E-state index in [1.165, 1.54) is 0 Å². The summed E-state index contributed by atoms with van der Waals surface area (Å²) in [6, 6.07) is 0. The average molecular weight is 213 g/mol. The van der Waals surface area contributed by atoms with Crippen LogP contribution in [0.5, 0.6) is 0 Å². The molecule has 0 unspecified atom stereocenters. The van der Waals surface area contributed by atoms with Gasteiger partial charge in [0, 0.05) is 5.57 Å². The Kier molecular flexibility index (Phi) is 24.6. The molecule has 5 heteroatoms. The lowest BCUT2D eigenvalue weighted by molar-refractivity contribution is -0.132. The molecule has 0 saturated heterocycles. The molecule has 0 radical (unpaired) electrons. The minimum absolute atomic E-state index is 0. The maximum atomic E-state index is 9.83. The first-order valence-electron chi connectivity index (χ1n) is 3.43. The summed E-state index contributed by atoms with van der Waals surface area (Å²) < 4.78 is 0. The van der Waals surface area contributed by atoms with Crippen LogP contribution in [0.1, 0.15) is 13.3 Å². The molecule has 0 atom stereocenters. The minimum Gasteiger partial charge on any atom is -0.478 e. The van der Waals surface area contributed by atoms with Gasteiger partial charge in [0.2, 0.25) is 0 Å². The Morgan fingerprint density at radius 3 is 1.62 bits per heavy atom. The van der Waals surface area contributed by atoms with E-state index in [-0.39, 0.29) is 24.1 Å². The normalized spacial score (nSPS) is 7.15. The summed E-state index contributed by atoms with van der Waals surface area (Å²) in [6.07, 6.45) is 0.523. The molecule has 0 aliphatic rings. The molecule has 0 aromatic heterocycles. The van der Waals surface area contributed by atoms with Crippen molar-refractivity contribution in [2.24, 2.45) is 0 Å². The van der Waals surface area contributed by atoms with Crippen molar-refractivity contribution in [1.82, 2.24) is 11.1 Å². The fraction of sp³-hybridized carbons (Fsp3) is 0.625. The molecule has 0 heterocycles. The number of hydrogen-bond acceptors (Lipinski definition) is 3. The van der Waals surface area contributed by atoms with Crippen molar-refractivity contribution < 1.29 is 9.90 Å². The van der Waals surface area contributed by atoms with Crippen molar-refractivity contribution in [3.05, 3.63) is 12.2 Å². The van der Waals surface area contributed by atoms with E-state index < -0.39 is 5.97 Å². The van der Waals surface area contributed by atoms with Crippen LogP contribution < -0.4 is 6.15 Å². The van der Waals surface area contributed by atoms with Gasteiger partial charge >= 0.3 is 5.97 Å². The maximum Gasteiger partial charge on any atom is 0.330 e. The van der Waals surface area contributed by atoms with Crippen LogP contribution in [-0.4, -0.2) is 37.1 Å². The number of carbonyl (C=O) groups is 1. The zero-order chi connectivity index (χ0) is 9.44. The standard InChI is InChI=1S/C5H8O2.C3H9N.ClH.H3N/c1-3-4(2)5(6)7;1-4(2)3;;/h2-3H2,1H3,(H,6,7);1-3H3;1H;1H3. The SMILES string of the molecule is C=C(CC)C(=O)O.CN(C)C.Cl.N. The van der Waals surface area contributed by atoms with Crippen LogP contribution in [0.25, 0.3) is 0 Å². The van der Waals surface area contributed by atoms with E-state index in [1.807, 2.05) is 26.0 Å². The Morgan fingerprint density at radius 1 is 1.38 bits per heavy atom. The van der Waals surface area contributed by atoms with Gasteiger partial charge in [-0.25, -0.2) is 4.79 Å². The van der Waals surface area contributed by atoms with Crippen molar-refractivity contribution >= 4 is 18.4 Å². The first kappa shape index (κ1) is 22.8. The smallest absolute Gasteiger partial charge is 0.330 e. The highest BCUT2D eigenvalue weighted by atomic mass is 35.5. The van der Waals surface area contributed by atoms with Crippen LogP contribution >= 0.6 is 12.4 Å². The molecule has 0 bridgehead atoms. The van der Waals surface area contributed by atoms with Crippen LogP contribution in [-0.2, 0) is 4.79 Å². The third-order valence-corrected chi connectivity index (χ3v) is 0.729. The number of aliphatic carboxylic acids is 1. The molecule has 4 N–H and O–H groups in total. The summed E-state index contributed by atoms with van der Waals surface area (Å²) >= 11 is 0. The van der Waals surface area contributed by atoms with Gasteiger partial charge in [0.25, 0.3) is 0 Å². The van der Waals surface area contributed by atoms with Gasteiger partial charge in [-0.3, -0.25) is 0 Å². The summed E-state index contributed by atoms with van der Waals surface area (Å²) in [6.45, 7) is 5.03. The van der Waals surface area contributed by atoms with Crippen LogP contribution in [0.3, 0.4) is 0 Å². The highest BCUT2D eigenvalue weighted by molar-refractivity contribution is 5.85. The second-order valence-corrected chi connectivity index (χ2v) is 2.60. The van der Waals surface area contributed by atoms with Crippen molar-refractivity contribution in [3.8, 4) is 0 Å². The minimum atomic E-state index is -0.900. The van der Waals surface area contributed by atoms with Crippen molar-refractivity contribution in [3.63, 3.8) is 0 Å². The fourth-order valence-electron chi connectivity index (χ4n) is 0.151. The van der Waals surface area contributed by atoms with Gasteiger partial charge in [0.1, 0.15) is 0 Å². The Balaban J connectivity index is -0.0000000600. The van der Waals surface area contributed by atoms with Gasteiger partial charge in [-0.05, 0) is 27.6 Å². The molecule has 0 aromatic carbocycles. The largest absolute Gasteiger partial charge is 0.478 e. The first-order valence-corrected chi connectivity index (χ1v) is 3.43. The predicted molar refractivity (Wildman–Crippen MR) is 58.9 cm³/mol. The zero-order valence-corrected chi connectivity index (χ0v) is 9.65. The van der Waals surface area contributed by atoms with E-state index >= 15 is 0 Å². The predicted octanol–water partition coefficient (Wildman–Crippen LogP) is 1.80. The van der Waals surface area contributed by atoms with Crippen LogP contribution in [0, 0.1) is 0 Å². The number of nitrogens with zero attached hydrogens (tertiary/aromatic N) is 1. The molecule has 0 amide bonds. The first-order chi connectivity index (χ1) is 4.91. The quantitative estimate of drug-likeness (QED) is 0.685. The Morgan fingerprint density at radius 2 is 1.62 bits per heavy atom. The van der Waals surface area contributed by atoms with Gasteiger partial charge in [-0.2, -0.15) is 0 Å². The van der Waals surface area contributed by atoms with Crippen molar-refractivity contribution in [2.75, 3.05) is 21.1 Å². The monoisotopic (exact) mass is 212 g/mol. The van der Waals surface area contributed by atoms with E-state index in [2.05, 4.69) is 6.58 Å². The third kappa shape index (κ3) is 34.5. The molecular formula is C8H21ClN2O2. The Labute approximate surface area is 86.6 Å². The topological polar surface area (TPSA) is 75.5 Å². The van der Waals surface area contributed by atoms with E-state index in [1.54, 1.807) is 6.92 Å². The third-order valence-electron chi connectivity index (χ3n) is 0.729. The lowest BCUT2D eigenvalue weighted by Crippen LogP contribution is -1.99. The van der Waals surface area contributed by atoms with Gasteiger partial charge in [-0.15, -0.1) is 12.4 Å². The summed E-state index contributed by atoms with van der Waals surface area (Å²) in [5.74, 6) is -0.900. The van der Waals surface area contributed by atoms with E-state index in [0.717, 1.165) is 0 Å². The number of halogens is 1. The highest BCUT2D eigenvalue weighted by Crippen LogP contribution is 1.93. The Bertz CT molecular complexity index is 135. The lowest BCUT2D eigenvalue weighted by Gasteiger charge is -1.90. The van der Waals surface area contributed by atoms with Gasteiger partial charge in [0.05, 0.1) is 0 Å². The van der Waals surface area contributed by atoms with Crippen molar-refractivity contribution in [2.45, 2.75) is 13.3 Å². The molecule has 0 spiro atoms. The molecule has 0 saturated carbocycles. The number of hydrogen-bond donors (Lipinski definition) is 2. The van der Waals surface area contributed by atoms with Crippen LogP contribution in [0.4, 0.5) is 0 Å². The highest BCUT2D eigenvalue weighted by Gasteiger charge is 1.96. The van der Waals surface area contributed by atoms with E-state index in [0.29, 0.717) is 6.42 Å².